The second-order valence-electron chi connectivity index (χ2n) is 7.05. The number of ether oxygens (including phenoxy) is 2. The Balaban J connectivity index is 1.79. The standard InChI is InChI=1S/C18H28N2O3/c1-18(2,3)23-17(21)20-9-8-16(12-20)19-11-14-6-5-7-15(10-14)13-22-4/h5-7,10,16,19H,8-9,11-13H2,1-4H3. The predicted molar refractivity (Wildman–Crippen MR) is 90.2 cm³/mol. The minimum atomic E-state index is -0.440. The maximum Gasteiger partial charge on any atom is 0.410 e. The molecule has 23 heavy (non-hydrogen) atoms. The van der Waals surface area contributed by atoms with Crippen LogP contribution in [0.15, 0.2) is 24.3 Å². The van der Waals surface area contributed by atoms with Crippen LogP contribution in [0.4, 0.5) is 4.79 Å². The highest BCUT2D eigenvalue weighted by atomic mass is 16.6. The van der Waals surface area contributed by atoms with Gasteiger partial charge in [0.2, 0.25) is 0 Å². The van der Waals surface area contributed by atoms with E-state index in [1.165, 1.54) is 11.1 Å². The van der Waals surface area contributed by atoms with Gasteiger partial charge in [-0.3, -0.25) is 0 Å². The Kier molecular flexibility index (Phi) is 6.02. The van der Waals surface area contributed by atoms with E-state index in [4.69, 9.17) is 9.47 Å². The van der Waals surface area contributed by atoms with Crippen molar-refractivity contribution >= 4 is 6.09 Å². The molecule has 1 heterocycles. The topological polar surface area (TPSA) is 50.8 Å². The van der Waals surface area contributed by atoms with Gasteiger partial charge in [0.1, 0.15) is 5.60 Å². The summed E-state index contributed by atoms with van der Waals surface area (Å²) in [5.74, 6) is 0. The molecule has 2 rings (SSSR count). The second kappa shape index (κ2) is 7.79. The van der Waals surface area contributed by atoms with Crippen molar-refractivity contribution in [1.29, 1.82) is 0 Å². The van der Waals surface area contributed by atoms with Crippen molar-refractivity contribution in [1.82, 2.24) is 10.2 Å². The molecule has 1 saturated heterocycles. The molecule has 5 heteroatoms. The number of amides is 1. The van der Waals surface area contributed by atoms with Crippen molar-refractivity contribution in [2.75, 3.05) is 20.2 Å². The van der Waals surface area contributed by atoms with Gasteiger partial charge < -0.3 is 19.7 Å². The molecule has 5 nitrogen and oxygen atoms in total. The lowest BCUT2D eigenvalue weighted by Gasteiger charge is -2.24. The molecule has 1 aromatic carbocycles. The lowest BCUT2D eigenvalue weighted by Crippen LogP contribution is -2.38. The van der Waals surface area contributed by atoms with Gasteiger partial charge in [-0.15, -0.1) is 0 Å². The molecular weight excluding hydrogens is 292 g/mol. The first-order valence-electron chi connectivity index (χ1n) is 8.15. The molecule has 0 radical (unpaired) electrons. The monoisotopic (exact) mass is 320 g/mol. The van der Waals surface area contributed by atoms with Crippen molar-refractivity contribution in [3.63, 3.8) is 0 Å². The molecule has 0 bridgehead atoms. The van der Waals surface area contributed by atoms with Crippen LogP contribution in [0.1, 0.15) is 38.3 Å². The summed E-state index contributed by atoms with van der Waals surface area (Å²) in [5.41, 5.74) is 1.97. The van der Waals surface area contributed by atoms with Gasteiger partial charge in [0, 0.05) is 32.8 Å². The molecule has 0 aliphatic carbocycles. The van der Waals surface area contributed by atoms with E-state index in [9.17, 15) is 4.79 Å². The first-order chi connectivity index (χ1) is 10.9. The number of hydrogen-bond acceptors (Lipinski definition) is 4. The number of nitrogens with one attached hydrogen (secondary N) is 1. The average molecular weight is 320 g/mol. The predicted octanol–water partition coefficient (Wildman–Crippen LogP) is 2.93. The number of rotatable bonds is 5. The van der Waals surface area contributed by atoms with Crippen molar-refractivity contribution in [3.8, 4) is 0 Å². The summed E-state index contributed by atoms with van der Waals surface area (Å²) >= 11 is 0. The van der Waals surface area contributed by atoms with Crippen LogP contribution in [0.5, 0.6) is 0 Å². The summed E-state index contributed by atoms with van der Waals surface area (Å²) < 4.78 is 10.6. The van der Waals surface area contributed by atoms with Gasteiger partial charge >= 0.3 is 6.09 Å². The molecule has 1 amide bonds. The summed E-state index contributed by atoms with van der Waals surface area (Å²) in [5, 5.41) is 3.52. The zero-order valence-electron chi connectivity index (χ0n) is 14.6. The Labute approximate surface area is 139 Å². The molecule has 128 valence electrons. The maximum absolute atomic E-state index is 12.1. The van der Waals surface area contributed by atoms with E-state index in [1.54, 1.807) is 12.0 Å². The van der Waals surface area contributed by atoms with Crippen molar-refractivity contribution < 1.29 is 14.3 Å². The smallest absolute Gasteiger partial charge is 0.410 e. The normalized spacial score (nSPS) is 18.3. The van der Waals surface area contributed by atoms with Crippen LogP contribution < -0.4 is 5.32 Å². The van der Waals surface area contributed by atoms with E-state index >= 15 is 0 Å². The first kappa shape index (κ1) is 17.8. The fraction of sp³-hybridized carbons (Fsp3) is 0.611. The molecule has 1 atom stereocenters. The highest BCUT2D eigenvalue weighted by Gasteiger charge is 2.29. The summed E-state index contributed by atoms with van der Waals surface area (Å²) in [6.45, 7) is 8.55. The van der Waals surface area contributed by atoms with Gasteiger partial charge in [0.05, 0.1) is 6.61 Å². The Bertz CT molecular complexity index is 525. The maximum atomic E-state index is 12.1. The van der Waals surface area contributed by atoms with Gasteiger partial charge in [0.25, 0.3) is 0 Å². The largest absolute Gasteiger partial charge is 0.444 e. The first-order valence-corrected chi connectivity index (χ1v) is 8.15. The van der Waals surface area contributed by atoms with Crippen molar-refractivity contribution in [2.24, 2.45) is 0 Å². The number of hydrogen-bond donors (Lipinski definition) is 1. The zero-order chi connectivity index (χ0) is 16.9. The van der Waals surface area contributed by atoms with Crippen LogP contribution in [0.3, 0.4) is 0 Å². The fourth-order valence-corrected chi connectivity index (χ4v) is 2.68. The SMILES string of the molecule is COCc1cccc(CNC2CCN(C(=O)OC(C)(C)C)C2)c1. The van der Waals surface area contributed by atoms with E-state index in [0.29, 0.717) is 19.2 Å². The van der Waals surface area contributed by atoms with Gasteiger partial charge in [-0.25, -0.2) is 4.79 Å². The Morgan fingerprint density at radius 2 is 2.09 bits per heavy atom. The molecule has 0 spiro atoms. The van der Waals surface area contributed by atoms with E-state index in [0.717, 1.165) is 19.5 Å². The van der Waals surface area contributed by atoms with Gasteiger partial charge in [-0.1, -0.05) is 24.3 Å². The number of methoxy groups -OCH3 is 1. The molecule has 1 fully saturated rings. The Morgan fingerprint density at radius 1 is 1.35 bits per heavy atom. The summed E-state index contributed by atoms with van der Waals surface area (Å²) in [6.07, 6.45) is 0.737. The van der Waals surface area contributed by atoms with Crippen molar-refractivity contribution in [2.45, 2.75) is 52.0 Å². The molecule has 1 aromatic rings. The quantitative estimate of drug-likeness (QED) is 0.906. The van der Waals surface area contributed by atoms with Crippen LogP contribution in [0.2, 0.25) is 0 Å². The number of benzene rings is 1. The van der Waals surface area contributed by atoms with E-state index in [-0.39, 0.29) is 6.09 Å². The highest BCUT2D eigenvalue weighted by molar-refractivity contribution is 5.68. The number of likely N-dealkylation sites (tertiary alicyclic amines) is 1. The van der Waals surface area contributed by atoms with Crippen LogP contribution in [-0.4, -0.2) is 42.8 Å². The lowest BCUT2D eigenvalue weighted by atomic mass is 10.1. The number of carbonyl (C=O) groups is 1. The molecule has 1 aliphatic heterocycles. The van der Waals surface area contributed by atoms with Crippen LogP contribution >= 0.6 is 0 Å². The average Bonchev–Trinajstić information content (AvgIpc) is 2.93. The minimum absolute atomic E-state index is 0.219. The third-order valence-electron chi connectivity index (χ3n) is 3.74. The summed E-state index contributed by atoms with van der Waals surface area (Å²) in [7, 11) is 1.70. The highest BCUT2D eigenvalue weighted by Crippen LogP contribution is 2.16. The van der Waals surface area contributed by atoms with Gasteiger partial charge in [0.15, 0.2) is 0 Å². The van der Waals surface area contributed by atoms with Gasteiger partial charge in [-0.2, -0.15) is 0 Å². The zero-order valence-corrected chi connectivity index (χ0v) is 14.6. The van der Waals surface area contributed by atoms with Crippen LogP contribution in [0, 0.1) is 0 Å². The van der Waals surface area contributed by atoms with Crippen molar-refractivity contribution in [3.05, 3.63) is 35.4 Å². The fourth-order valence-electron chi connectivity index (χ4n) is 2.68. The van der Waals surface area contributed by atoms with E-state index in [1.807, 2.05) is 26.8 Å². The van der Waals surface area contributed by atoms with Gasteiger partial charge in [-0.05, 0) is 38.3 Å². The number of carbonyl (C=O) groups excluding carboxylic acids is 1. The lowest BCUT2D eigenvalue weighted by molar-refractivity contribution is 0.0291. The second-order valence-corrected chi connectivity index (χ2v) is 7.05. The molecule has 1 N–H and O–H groups in total. The van der Waals surface area contributed by atoms with Crippen LogP contribution in [0.25, 0.3) is 0 Å². The third kappa shape index (κ3) is 5.84. The Morgan fingerprint density at radius 3 is 2.78 bits per heavy atom. The Hall–Kier alpha value is -1.59. The van der Waals surface area contributed by atoms with E-state index in [2.05, 4.69) is 23.5 Å². The van der Waals surface area contributed by atoms with E-state index < -0.39 is 5.60 Å². The molecule has 0 saturated carbocycles. The summed E-state index contributed by atoms with van der Waals surface area (Å²) in [6, 6.07) is 8.68. The third-order valence-corrected chi connectivity index (χ3v) is 3.74. The summed E-state index contributed by atoms with van der Waals surface area (Å²) in [4.78, 5) is 13.8. The molecule has 1 unspecified atom stereocenters. The number of nitrogens with zero attached hydrogens (tertiary/aromatic N) is 1. The molecule has 0 aromatic heterocycles. The molecule has 1 aliphatic rings. The minimum Gasteiger partial charge on any atom is -0.444 e. The van der Waals surface area contributed by atoms with Crippen LogP contribution in [-0.2, 0) is 22.6 Å². The molecular formula is C18H28N2O3.